The minimum atomic E-state index is -0.930. The van der Waals surface area contributed by atoms with Crippen molar-refractivity contribution in [2.75, 3.05) is 0 Å². The first-order chi connectivity index (χ1) is 11.7. The number of hydrogen-bond acceptors (Lipinski definition) is 4. The zero-order valence-corrected chi connectivity index (χ0v) is 12.9. The molecule has 0 bridgehead atoms. The smallest absolute Gasteiger partial charge is 0.344 e. The van der Waals surface area contributed by atoms with Crippen molar-refractivity contribution in [2.45, 2.75) is 25.6 Å². The number of rotatable bonds is 4. The van der Waals surface area contributed by atoms with Gasteiger partial charge in [0.15, 0.2) is 6.10 Å². The number of fused-ring (bicyclic) bond motifs is 2. The van der Waals surface area contributed by atoms with E-state index in [0.717, 1.165) is 16.8 Å². The van der Waals surface area contributed by atoms with Gasteiger partial charge in [-0.1, -0.05) is 12.1 Å². The fourth-order valence-corrected chi connectivity index (χ4v) is 2.83. The molecule has 1 aliphatic heterocycles. The van der Waals surface area contributed by atoms with Gasteiger partial charge in [0.2, 0.25) is 0 Å². The molecule has 0 aliphatic carbocycles. The second-order valence-electron chi connectivity index (χ2n) is 5.77. The lowest BCUT2D eigenvalue weighted by atomic mass is 10.0. The van der Waals surface area contributed by atoms with Crippen LogP contribution in [0.2, 0.25) is 0 Å². The summed E-state index contributed by atoms with van der Waals surface area (Å²) in [5.41, 5.74) is 2.92. The third kappa shape index (κ3) is 2.78. The van der Waals surface area contributed by atoms with Crippen LogP contribution in [0.3, 0.4) is 0 Å². The normalized spacial score (nSPS) is 16.4. The van der Waals surface area contributed by atoms with Crippen molar-refractivity contribution in [3.63, 3.8) is 0 Å². The maximum Gasteiger partial charge on any atom is 0.344 e. The van der Waals surface area contributed by atoms with Crippen LogP contribution in [0.5, 0.6) is 11.5 Å². The van der Waals surface area contributed by atoms with Gasteiger partial charge in [0, 0.05) is 30.2 Å². The summed E-state index contributed by atoms with van der Waals surface area (Å²) >= 11 is 0. The Balaban J connectivity index is 1.49. The third-order valence-corrected chi connectivity index (χ3v) is 4.11. The average molecular weight is 324 g/mol. The fraction of sp³-hybridized carbons (Fsp3) is 0.222. The zero-order valence-electron chi connectivity index (χ0n) is 12.9. The molecule has 1 N–H and O–H groups in total. The molecule has 1 aromatic carbocycles. The van der Waals surface area contributed by atoms with E-state index in [1.807, 2.05) is 41.1 Å². The van der Waals surface area contributed by atoms with Crippen LogP contribution in [0.1, 0.15) is 17.5 Å². The lowest BCUT2D eigenvalue weighted by Gasteiger charge is -2.23. The van der Waals surface area contributed by atoms with E-state index < -0.39 is 12.1 Å². The summed E-state index contributed by atoms with van der Waals surface area (Å²) in [5.74, 6) is 0.322. The third-order valence-electron chi connectivity index (χ3n) is 4.11. The summed E-state index contributed by atoms with van der Waals surface area (Å²) in [6.45, 7) is 0.412. The summed E-state index contributed by atoms with van der Waals surface area (Å²) < 4.78 is 13.3. The molecule has 0 spiro atoms. The zero-order chi connectivity index (χ0) is 16.5. The molecule has 3 heterocycles. The summed E-state index contributed by atoms with van der Waals surface area (Å²) in [6, 6.07) is 9.49. The van der Waals surface area contributed by atoms with Gasteiger partial charge in [0.1, 0.15) is 23.8 Å². The Labute approximate surface area is 138 Å². The van der Waals surface area contributed by atoms with Crippen LogP contribution in [0.25, 0.3) is 5.65 Å². The first-order valence-electron chi connectivity index (χ1n) is 7.76. The number of imidazole rings is 1. The maximum absolute atomic E-state index is 11.1. The van der Waals surface area contributed by atoms with E-state index >= 15 is 0 Å². The predicted octanol–water partition coefficient (Wildman–Crippen LogP) is 2.69. The van der Waals surface area contributed by atoms with E-state index in [1.165, 1.54) is 0 Å². The summed E-state index contributed by atoms with van der Waals surface area (Å²) in [4.78, 5) is 15.3. The molecule has 1 atom stereocenters. The van der Waals surface area contributed by atoms with E-state index in [0.29, 0.717) is 30.9 Å². The van der Waals surface area contributed by atoms with Crippen LogP contribution >= 0.6 is 0 Å². The number of carboxylic acids is 1. The van der Waals surface area contributed by atoms with Gasteiger partial charge < -0.3 is 19.0 Å². The molecular weight excluding hydrogens is 308 g/mol. The number of carboxylic acid groups (broad SMARTS) is 1. The van der Waals surface area contributed by atoms with Gasteiger partial charge in [0.25, 0.3) is 0 Å². The van der Waals surface area contributed by atoms with Crippen LogP contribution in [0.4, 0.5) is 0 Å². The molecule has 6 heteroatoms. The predicted molar refractivity (Wildman–Crippen MR) is 86.3 cm³/mol. The van der Waals surface area contributed by atoms with Gasteiger partial charge in [-0.3, -0.25) is 0 Å². The van der Waals surface area contributed by atoms with Crippen LogP contribution in [-0.4, -0.2) is 26.6 Å². The van der Waals surface area contributed by atoms with Crippen molar-refractivity contribution in [1.29, 1.82) is 0 Å². The van der Waals surface area contributed by atoms with Crippen molar-refractivity contribution < 1.29 is 19.4 Å². The van der Waals surface area contributed by atoms with Crippen molar-refractivity contribution >= 4 is 11.6 Å². The van der Waals surface area contributed by atoms with Crippen LogP contribution in [0.15, 0.2) is 48.9 Å². The van der Waals surface area contributed by atoms with Gasteiger partial charge >= 0.3 is 5.97 Å². The minimum Gasteiger partial charge on any atom is -0.489 e. The van der Waals surface area contributed by atoms with Crippen molar-refractivity contribution in [2.24, 2.45) is 0 Å². The quantitative estimate of drug-likeness (QED) is 0.799. The lowest BCUT2D eigenvalue weighted by molar-refractivity contribution is -0.145. The Hall–Kier alpha value is -3.02. The SMILES string of the molecule is O=C(O)C1CCc2ccc(OCc3ccc4nccn4c3)cc2O1. The number of aromatic nitrogens is 2. The molecule has 0 saturated carbocycles. The standard InChI is InChI=1S/C18H16N2O4/c21-18(22)15-5-3-13-2-4-14(9-16(13)24-15)23-11-12-1-6-17-19-7-8-20(17)10-12/h1-2,4,6-10,15H,3,5,11H2,(H,21,22). The second kappa shape index (κ2) is 5.88. The first kappa shape index (κ1) is 14.6. The number of aliphatic carboxylic acids is 1. The highest BCUT2D eigenvalue weighted by molar-refractivity contribution is 5.73. The Bertz CT molecular complexity index is 903. The molecule has 0 saturated heterocycles. The Morgan fingerprint density at radius 2 is 2.29 bits per heavy atom. The number of carbonyl (C=O) groups is 1. The second-order valence-corrected chi connectivity index (χ2v) is 5.77. The fourth-order valence-electron chi connectivity index (χ4n) is 2.83. The Kier molecular flexibility index (Phi) is 3.57. The molecule has 24 heavy (non-hydrogen) atoms. The van der Waals surface area contributed by atoms with E-state index in [-0.39, 0.29) is 0 Å². The highest BCUT2D eigenvalue weighted by atomic mass is 16.5. The first-order valence-corrected chi connectivity index (χ1v) is 7.76. The van der Waals surface area contributed by atoms with E-state index in [2.05, 4.69) is 4.98 Å². The van der Waals surface area contributed by atoms with Crippen molar-refractivity contribution in [3.8, 4) is 11.5 Å². The lowest BCUT2D eigenvalue weighted by Crippen LogP contribution is -2.30. The molecule has 6 nitrogen and oxygen atoms in total. The van der Waals surface area contributed by atoms with E-state index in [9.17, 15) is 4.79 Å². The van der Waals surface area contributed by atoms with Crippen LogP contribution < -0.4 is 9.47 Å². The highest BCUT2D eigenvalue weighted by Crippen LogP contribution is 2.31. The number of ether oxygens (including phenoxy) is 2. The van der Waals surface area contributed by atoms with Gasteiger partial charge in [0.05, 0.1) is 0 Å². The van der Waals surface area contributed by atoms with Gasteiger partial charge in [-0.15, -0.1) is 0 Å². The number of nitrogens with zero attached hydrogens (tertiary/aromatic N) is 2. The number of aryl methyl sites for hydroxylation is 1. The molecule has 1 aliphatic rings. The van der Waals surface area contributed by atoms with Gasteiger partial charge in [-0.25, -0.2) is 9.78 Å². The molecule has 122 valence electrons. The average Bonchev–Trinajstić information content (AvgIpc) is 3.07. The topological polar surface area (TPSA) is 73.1 Å². The number of pyridine rings is 1. The van der Waals surface area contributed by atoms with Gasteiger partial charge in [-0.2, -0.15) is 0 Å². The molecular formula is C18H16N2O4. The van der Waals surface area contributed by atoms with Crippen molar-refractivity contribution in [1.82, 2.24) is 9.38 Å². The Morgan fingerprint density at radius 3 is 3.17 bits per heavy atom. The van der Waals surface area contributed by atoms with Gasteiger partial charge in [-0.05, 0) is 30.5 Å². The maximum atomic E-state index is 11.1. The van der Waals surface area contributed by atoms with Crippen LogP contribution in [0, 0.1) is 0 Å². The van der Waals surface area contributed by atoms with E-state index in [4.69, 9.17) is 14.6 Å². The molecule has 0 radical (unpaired) electrons. The van der Waals surface area contributed by atoms with Crippen LogP contribution in [-0.2, 0) is 17.8 Å². The summed E-state index contributed by atoms with van der Waals surface area (Å²) in [7, 11) is 0. The number of hydrogen-bond donors (Lipinski definition) is 1. The number of benzene rings is 1. The molecule has 0 amide bonds. The highest BCUT2D eigenvalue weighted by Gasteiger charge is 2.25. The largest absolute Gasteiger partial charge is 0.489 e. The monoisotopic (exact) mass is 324 g/mol. The molecule has 1 unspecified atom stereocenters. The van der Waals surface area contributed by atoms with Crippen molar-refractivity contribution in [3.05, 3.63) is 60.0 Å². The molecule has 0 fully saturated rings. The Morgan fingerprint density at radius 1 is 1.38 bits per heavy atom. The summed E-state index contributed by atoms with van der Waals surface area (Å²) in [5, 5.41) is 9.09. The molecule has 3 aromatic rings. The summed E-state index contributed by atoms with van der Waals surface area (Å²) in [6.07, 6.45) is 6.02. The molecule has 4 rings (SSSR count). The molecule has 2 aromatic heterocycles. The minimum absolute atomic E-state index is 0.412. The van der Waals surface area contributed by atoms with E-state index in [1.54, 1.807) is 12.3 Å².